The van der Waals surface area contributed by atoms with Crippen molar-refractivity contribution in [1.29, 1.82) is 0 Å². The number of nitro groups is 1. The van der Waals surface area contributed by atoms with Gasteiger partial charge in [-0.2, -0.15) is 0 Å². The molecule has 0 bridgehead atoms. The van der Waals surface area contributed by atoms with Crippen LogP contribution >= 0.6 is 0 Å². The number of aliphatic carboxylic acids is 4. The van der Waals surface area contributed by atoms with Crippen molar-refractivity contribution in [2.45, 2.75) is 64.5 Å². The smallest absolute Gasteiger partial charge is 0.347 e. The number of nitrogens with zero attached hydrogens (tertiary/aromatic N) is 5. The number of rotatable bonds is 25. The highest BCUT2D eigenvalue weighted by atomic mass is 16.6. The molecule has 0 unspecified atom stereocenters. The molecular formula is C47H55N5O16. The lowest BCUT2D eigenvalue weighted by atomic mass is 9.82. The van der Waals surface area contributed by atoms with Gasteiger partial charge in [-0.25, -0.2) is 4.79 Å². The van der Waals surface area contributed by atoms with Gasteiger partial charge < -0.3 is 53.8 Å². The fourth-order valence-corrected chi connectivity index (χ4v) is 8.80. The summed E-state index contributed by atoms with van der Waals surface area (Å²) in [5.74, 6) is -4.83. The average Bonchev–Trinajstić information content (AvgIpc) is 3.83. The first kappa shape index (κ1) is 50.0. The third-order valence-electron chi connectivity index (χ3n) is 12.1. The molecule has 21 nitrogen and oxygen atoms in total. The zero-order valence-electron chi connectivity index (χ0n) is 37.8. The minimum atomic E-state index is -1.39. The van der Waals surface area contributed by atoms with Gasteiger partial charge in [-0.3, -0.25) is 39.0 Å². The summed E-state index contributed by atoms with van der Waals surface area (Å²) in [6.07, 6.45) is 5.06. The lowest BCUT2D eigenvalue weighted by Gasteiger charge is -2.35. The Morgan fingerprint density at radius 2 is 1.41 bits per heavy atom. The number of hydrogen-bond donors (Lipinski definition) is 4. The van der Waals surface area contributed by atoms with Crippen LogP contribution in [0.25, 0.3) is 11.0 Å². The lowest BCUT2D eigenvalue weighted by Crippen LogP contribution is -2.41. The maximum Gasteiger partial charge on any atom is 0.347 e. The molecular weight excluding hydrogens is 891 g/mol. The van der Waals surface area contributed by atoms with Crippen molar-refractivity contribution in [3.63, 3.8) is 0 Å². The van der Waals surface area contributed by atoms with Gasteiger partial charge in [0.2, 0.25) is 0 Å². The molecule has 3 aromatic carbocycles. The van der Waals surface area contributed by atoms with Crippen molar-refractivity contribution in [2.24, 2.45) is 5.92 Å². The van der Waals surface area contributed by atoms with Crippen molar-refractivity contribution < 1.29 is 67.9 Å². The van der Waals surface area contributed by atoms with Crippen molar-refractivity contribution in [3.05, 3.63) is 86.3 Å². The highest BCUT2D eigenvalue weighted by molar-refractivity contribution is 5.98. The van der Waals surface area contributed by atoms with E-state index in [9.17, 15) is 59.3 Å². The van der Waals surface area contributed by atoms with Gasteiger partial charge in [-0.1, -0.05) is 6.92 Å². The summed E-state index contributed by atoms with van der Waals surface area (Å²) in [5.41, 5.74) is -0.229. The van der Waals surface area contributed by atoms with Crippen LogP contribution in [0.15, 0.2) is 63.8 Å². The molecule has 1 aromatic heterocycles. The van der Waals surface area contributed by atoms with E-state index < -0.39 is 59.8 Å². The largest absolute Gasteiger partial charge is 0.489 e. The molecule has 4 aromatic rings. The minimum Gasteiger partial charge on any atom is -0.489 e. The first-order chi connectivity index (χ1) is 32.5. The molecule has 364 valence electrons. The molecule has 1 aliphatic heterocycles. The van der Waals surface area contributed by atoms with Crippen LogP contribution in [-0.4, -0.2) is 132 Å². The van der Waals surface area contributed by atoms with Gasteiger partial charge in [0.1, 0.15) is 67.8 Å². The van der Waals surface area contributed by atoms with Crippen LogP contribution < -0.4 is 34.5 Å². The number of nitro benzene ring substituents is 1. The van der Waals surface area contributed by atoms with E-state index in [2.05, 4.69) is 4.90 Å². The summed E-state index contributed by atoms with van der Waals surface area (Å²) >= 11 is 0. The molecule has 1 saturated heterocycles. The summed E-state index contributed by atoms with van der Waals surface area (Å²) in [4.78, 5) is 91.5. The van der Waals surface area contributed by atoms with Gasteiger partial charge in [0, 0.05) is 55.8 Å². The molecule has 4 N–H and O–H groups in total. The number of fused-ring (bicyclic) bond motifs is 1. The number of benzene rings is 3. The minimum absolute atomic E-state index is 0.0228. The molecule has 0 radical (unpaired) electrons. The Morgan fingerprint density at radius 3 is 2.01 bits per heavy atom. The van der Waals surface area contributed by atoms with Gasteiger partial charge in [0.15, 0.2) is 5.78 Å². The Labute approximate surface area is 390 Å². The molecule has 2 heterocycles. The van der Waals surface area contributed by atoms with E-state index in [1.54, 1.807) is 25.2 Å². The van der Waals surface area contributed by atoms with E-state index >= 15 is 0 Å². The van der Waals surface area contributed by atoms with E-state index in [0.717, 1.165) is 55.4 Å². The summed E-state index contributed by atoms with van der Waals surface area (Å²) in [5, 5.41) is 51.0. The second-order valence-corrected chi connectivity index (χ2v) is 16.8. The molecule has 0 atom stereocenters. The Morgan fingerprint density at radius 1 is 0.779 bits per heavy atom. The van der Waals surface area contributed by atoms with Crippen molar-refractivity contribution >= 4 is 63.4 Å². The van der Waals surface area contributed by atoms with Crippen LogP contribution in [-0.2, 0) is 25.8 Å². The number of anilines is 3. The zero-order valence-corrected chi connectivity index (χ0v) is 37.8. The fourth-order valence-electron chi connectivity index (χ4n) is 8.80. The number of hydrogen-bond acceptors (Lipinski definition) is 16. The van der Waals surface area contributed by atoms with Crippen LogP contribution in [0.5, 0.6) is 17.2 Å². The predicted octanol–water partition coefficient (Wildman–Crippen LogP) is 5.37. The third-order valence-corrected chi connectivity index (χ3v) is 12.1. The molecule has 21 heteroatoms. The maximum absolute atomic E-state index is 13.3. The molecule has 68 heavy (non-hydrogen) atoms. The number of carbonyl (C=O) groups excluding carboxylic acids is 1. The van der Waals surface area contributed by atoms with Crippen LogP contribution in [0.4, 0.5) is 22.7 Å². The first-order valence-corrected chi connectivity index (χ1v) is 22.3. The summed E-state index contributed by atoms with van der Waals surface area (Å²) < 4.78 is 23.5. The van der Waals surface area contributed by atoms with Crippen LogP contribution in [0, 0.1) is 16.0 Å². The molecule has 0 amide bonds. The van der Waals surface area contributed by atoms with Gasteiger partial charge >= 0.3 is 29.5 Å². The normalized spacial score (nSPS) is 15.8. The summed E-state index contributed by atoms with van der Waals surface area (Å²) in [6.45, 7) is 1.30. The molecule has 1 aliphatic carbocycles. The predicted molar refractivity (Wildman–Crippen MR) is 247 cm³/mol. The molecule has 2 fully saturated rings. The standard InChI is InChI=1S/C47H55N5O16/c1-3-49(25-44(56)57)32-9-6-29(7-10-32)18-39(53)35-19-30-8-12-34(22-40(30)68-47(35)62)67-28-31-20-38(51(26-45(58)59)27-46(60)61)42(23-37(31)52(63)64)66-17-16-65-41-21-33(50-14-4-5-15-50)11-13-36(41)48(2)24-43(54)55/h8,11-13,19-23,29,32H,3-7,9-10,14-18,24-28H2,1-2H3,(H,54,55)(H,56,57)(H,58,59)(H,60,61). The highest BCUT2D eigenvalue weighted by Gasteiger charge is 2.29. The van der Waals surface area contributed by atoms with Crippen molar-refractivity contribution in [2.75, 3.05) is 80.8 Å². The quantitative estimate of drug-likeness (QED) is 0.0213. The molecule has 2 aliphatic rings. The molecule has 0 spiro atoms. The zero-order chi connectivity index (χ0) is 49.1. The van der Waals surface area contributed by atoms with Gasteiger partial charge in [-0.15, -0.1) is 0 Å². The number of Topliss-reactive ketones (excluding diaryl/α,β-unsaturated/α-hetero) is 1. The summed E-state index contributed by atoms with van der Waals surface area (Å²) in [6, 6.07) is 13.6. The van der Waals surface area contributed by atoms with Crippen LogP contribution in [0.3, 0.4) is 0 Å². The number of carboxylic acids is 4. The number of ketones is 1. The lowest BCUT2D eigenvalue weighted by molar-refractivity contribution is -0.385. The number of carbonyl (C=O) groups is 5. The number of carboxylic acid groups (broad SMARTS) is 4. The Hall–Kier alpha value is -7.42. The van der Waals surface area contributed by atoms with E-state index in [1.165, 1.54) is 29.2 Å². The van der Waals surface area contributed by atoms with E-state index in [-0.39, 0.29) is 84.4 Å². The van der Waals surface area contributed by atoms with Crippen molar-refractivity contribution in [1.82, 2.24) is 4.90 Å². The average molecular weight is 946 g/mol. The van der Waals surface area contributed by atoms with Crippen LogP contribution in [0.2, 0.25) is 0 Å². The van der Waals surface area contributed by atoms with E-state index in [4.69, 9.17) is 18.6 Å². The summed E-state index contributed by atoms with van der Waals surface area (Å²) in [7, 11) is 1.60. The van der Waals surface area contributed by atoms with E-state index in [1.807, 2.05) is 17.9 Å². The SMILES string of the molecule is CCN(CC(=O)O)C1CCC(CC(=O)c2cc3ccc(OCc4cc(N(CC(=O)O)CC(=O)O)c(OCCOc5cc(N6CCCC6)ccc5N(C)CC(=O)O)cc4[N+](=O)[O-])cc3oc2=O)CC1. The van der Waals surface area contributed by atoms with E-state index in [0.29, 0.717) is 36.2 Å². The number of likely N-dealkylation sites (N-methyl/N-ethyl adjacent to an activating group) is 2. The fraction of sp³-hybridized carbons (Fsp3) is 0.447. The van der Waals surface area contributed by atoms with Gasteiger partial charge in [-0.05, 0) is 87.4 Å². The number of ether oxygens (including phenoxy) is 3. The monoisotopic (exact) mass is 945 g/mol. The third kappa shape index (κ3) is 13.1. The molecule has 1 saturated carbocycles. The topological polar surface area (TPSA) is 280 Å². The van der Waals surface area contributed by atoms with Crippen LogP contribution in [0.1, 0.15) is 67.8 Å². The second-order valence-electron chi connectivity index (χ2n) is 16.8. The molecule has 6 rings (SSSR count). The maximum atomic E-state index is 13.3. The van der Waals surface area contributed by atoms with Crippen molar-refractivity contribution in [3.8, 4) is 17.2 Å². The van der Waals surface area contributed by atoms with Gasteiger partial charge in [0.25, 0.3) is 5.69 Å². The Kier molecular flexibility index (Phi) is 16.8. The highest BCUT2D eigenvalue weighted by Crippen LogP contribution is 2.38. The van der Waals surface area contributed by atoms with Gasteiger partial charge in [0.05, 0.1) is 34.5 Å². The first-order valence-electron chi connectivity index (χ1n) is 22.3. The Balaban J connectivity index is 1.18. The second kappa shape index (κ2) is 22.9. The Bertz CT molecular complexity index is 2550.